The topological polar surface area (TPSA) is 46.6 Å². The van der Waals surface area contributed by atoms with E-state index < -0.39 is 0 Å². The molecular formula is C13H25N3O2S. The van der Waals surface area contributed by atoms with E-state index in [-0.39, 0.29) is 0 Å². The van der Waals surface area contributed by atoms with E-state index in [0.717, 1.165) is 50.9 Å². The van der Waals surface area contributed by atoms with Crippen LogP contribution in [0.25, 0.3) is 0 Å². The number of ether oxygens (including phenoxy) is 2. The van der Waals surface area contributed by atoms with Crippen LogP contribution in [-0.4, -0.2) is 57.0 Å². The molecule has 1 aromatic rings. The largest absolute Gasteiger partial charge is 0.383 e. The molecule has 1 aromatic heterocycles. The Balaban J connectivity index is 2.44. The lowest BCUT2D eigenvalue weighted by Crippen LogP contribution is -2.29. The molecule has 0 atom stereocenters. The summed E-state index contributed by atoms with van der Waals surface area (Å²) in [5.74, 6) is 0. The van der Waals surface area contributed by atoms with Crippen molar-refractivity contribution in [1.82, 2.24) is 9.88 Å². The second-order valence-corrected chi connectivity index (χ2v) is 5.44. The Hall–Kier alpha value is -0.690. The van der Waals surface area contributed by atoms with Crippen LogP contribution < -0.4 is 5.32 Å². The van der Waals surface area contributed by atoms with E-state index in [4.69, 9.17) is 9.47 Å². The maximum atomic E-state index is 5.14. The minimum absolute atomic E-state index is 0.740. The fourth-order valence-electron chi connectivity index (χ4n) is 1.63. The van der Waals surface area contributed by atoms with E-state index in [0.29, 0.717) is 0 Å². The standard InChI is InChI=1S/C13H25N3O2S/c1-4-5-14-13-15-10-12(19-13)11-16(6-8-17-2)7-9-18-3/h10H,4-9,11H2,1-3H3,(H,14,15). The lowest BCUT2D eigenvalue weighted by atomic mass is 10.4. The van der Waals surface area contributed by atoms with Crippen LogP contribution in [0, 0.1) is 0 Å². The third-order valence-corrected chi connectivity index (χ3v) is 3.62. The van der Waals surface area contributed by atoms with Gasteiger partial charge in [0, 0.05) is 51.5 Å². The van der Waals surface area contributed by atoms with Gasteiger partial charge in [-0.25, -0.2) is 4.98 Å². The van der Waals surface area contributed by atoms with E-state index in [9.17, 15) is 0 Å². The molecule has 0 fully saturated rings. The molecule has 0 saturated carbocycles. The molecule has 0 aliphatic heterocycles. The molecule has 1 rings (SSSR count). The summed E-state index contributed by atoms with van der Waals surface area (Å²) >= 11 is 1.72. The van der Waals surface area contributed by atoms with E-state index in [1.54, 1.807) is 25.6 Å². The van der Waals surface area contributed by atoms with Crippen molar-refractivity contribution >= 4 is 16.5 Å². The number of nitrogens with zero attached hydrogens (tertiary/aromatic N) is 2. The zero-order valence-corrected chi connectivity index (χ0v) is 13.0. The van der Waals surface area contributed by atoms with Gasteiger partial charge < -0.3 is 14.8 Å². The summed E-state index contributed by atoms with van der Waals surface area (Å²) in [7, 11) is 3.46. The highest BCUT2D eigenvalue weighted by Gasteiger charge is 2.08. The molecule has 0 saturated heterocycles. The zero-order chi connectivity index (χ0) is 13.9. The van der Waals surface area contributed by atoms with Gasteiger partial charge in [0.2, 0.25) is 0 Å². The Morgan fingerprint density at radius 1 is 1.26 bits per heavy atom. The van der Waals surface area contributed by atoms with Crippen LogP contribution >= 0.6 is 11.3 Å². The molecular weight excluding hydrogens is 262 g/mol. The normalized spacial score (nSPS) is 11.2. The van der Waals surface area contributed by atoms with Gasteiger partial charge in [-0.3, -0.25) is 4.90 Å². The summed E-state index contributed by atoms with van der Waals surface area (Å²) in [6.45, 7) is 7.33. The maximum absolute atomic E-state index is 5.14. The smallest absolute Gasteiger partial charge is 0.182 e. The van der Waals surface area contributed by atoms with Gasteiger partial charge >= 0.3 is 0 Å². The molecule has 6 heteroatoms. The molecule has 0 aliphatic rings. The molecule has 0 unspecified atom stereocenters. The van der Waals surface area contributed by atoms with Gasteiger partial charge in [0.1, 0.15) is 0 Å². The van der Waals surface area contributed by atoms with E-state index in [1.807, 2.05) is 6.20 Å². The third-order valence-electron chi connectivity index (χ3n) is 2.68. The highest BCUT2D eigenvalue weighted by Crippen LogP contribution is 2.19. The minimum Gasteiger partial charge on any atom is -0.383 e. The third kappa shape index (κ3) is 6.87. The van der Waals surface area contributed by atoms with Gasteiger partial charge in [0.25, 0.3) is 0 Å². The molecule has 0 aliphatic carbocycles. The van der Waals surface area contributed by atoms with Crippen LogP contribution in [-0.2, 0) is 16.0 Å². The van der Waals surface area contributed by atoms with Crippen molar-refractivity contribution in [2.45, 2.75) is 19.9 Å². The average Bonchev–Trinajstić information content (AvgIpc) is 2.87. The Bertz CT molecular complexity index is 325. The van der Waals surface area contributed by atoms with Crippen LogP contribution in [0.2, 0.25) is 0 Å². The Labute approximate surface area is 119 Å². The summed E-state index contributed by atoms with van der Waals surface area (Å²) in [4.78, 5) is 7.98. The molecule has 1 N–H and O–H groups in total. The van der Waals surface area contributed by atoms with Gasteiger partial charge in [-0.15, -0.1) is 11.3 Å². The number of nitrogens with one attached hydrogen (secondary N) is 1. The summed E-state index contributed by atoms with van der Waals surface area (Å²) in [5, 5.41) is 4.32. The van der Waals surface area contributed by atoms with Gasteiger partial charge in [-0.2, -0.15) is 0 Å². The number of anilines is 1. The summed E-state index contributed by atoms with van der Waals surface area (Å²) in [6, 6.07) is 0. The van der Waals surface area contributed by atoms with Crippen LogP contribution in [0.4, 0.5) is 5.13 Å². The van der Waals surface area contributed by atoms with Crippen molar-refractivity contribution in [2.24, 2.45) is 0 Å². The lowest BCUT2D eigenvalue weighted by Gasteiger charge is -2.20. The molecule has 5 nitrogen and oxygen atoms in total. The molecule has 0 amide bonds. The first-order chi connectivity index (χ1) is 9.30. The monoisotopic (exact) mass is 287 g/mol. The van der Waals surface area contributed by atoms with E-state index in [1.165, 1.54) is 4.88 Å². The quantitative estimate of drug-likeness (QED) is 0.675. The average molecular weight is 287 g/mol. The highest BCUT2D eigenvalue weighted by atomic mass is 32.1. The second-order valence-electron chi connectivity index (χ2n) is 4.32. The Morgan fingerprint density at radius 3 is 2.53 bits per heavy atom. The number of hydrogen-bond donors (Lipinski definition) is 1. The lowest BCUT2D eigenvalue weighted by molar-refractivity contribution is 0.111. The fraction of sp³-hybridized carbons (Fsp3) is 0.769. The van der Waals surface area contributed by atoms with Gasteiger partial charge in [0.15, 0.2) is 5.13 Å². The van der Waals surface area contributed by atoms with Crippen molar-refractivity contribution in [3.05, 3.63) is 11.1 Å². The van der Waals surface area contributed by atoms with Gasteiger partial charge in [-0.05, 0) is 6.42 Å². The predicted octanol–water partition coefficient (Wildman–Crippen LogP) is 2.06. The number of methoxy groups -OCH3 is 2. The molecule has 1 heterocycles. The summed E-state index contributed by atoms with van der Waals surface area (Å²) < 4.78 is 10.3. The molecule has 19 heavy (non-hydrogen) atoms. The molecule has 0 bridgehead atoms. The summed E-state index contributed by atoms with van der Waals surface area (Å²) in [5.41, 5.74) is 0. The number of hydrogen-bond acceptors (Lipinski definition) is 6. The SMILES string of the molecule is CCCNc1ncc(CN(CCOC)CCOC)s1. The predicted molar refractivity (Wildman–Crippen MR) is 79.9 cm³/mol. The first kappa shape index (κ1) is 16.4. The maximum Gasteiger partial charge on any atom is 0.182 e. The highest BCUT2D eigenvalue weighted by molar-refractivity contribution is 7.15. The van der Waals surface area contributed by atoms with Crippen molar-refractivity contribution in [3.8, 4) is 0 Å². The van der Waals surface area contributed by atoms with Gasteiger partial charge in [-0.1, -0.05) is 6.92 Å². The Morgan fingerprint density at radius 2 is 1.95 bits per heavy atom. The summed E-state index contributed by atoms with van der Waals surface area (Å²) in [6.07, 6.45) is 3.07. The molecule has 0 aromatic carbocycles. The van der Waals surface area contributed by atoms with Gasteiger partial charge in [0.05, 0.1) is 13.2 Å². The minimum atomic E-state index is 0.740. The Kier molecular flexibility index (Phi) is 8.73. The van der Waals surface area contributed by atoms with E-state index in [2.05, 4.69) is 22.1 Å². The fourth-order valence-corrected chi connectivity index (χ4v) is 2.51. The first-order valence-corrected chi connectivity index (χ1v) is 7.50. The second kappa shape index (κ2) is 10.1. The van der Waals surface area contributed by atoms with Crippen molar-refractivity contribution < 1.29 is 9.47 Å². The van der Waals surface area contributed by atoms with Crippen molar-refractivity contribution in [1.29, 1.82) is 0 Å². The van der Waals surface area contributed by atoms with Crippen LogP contribution in [0.15, 0.2) is 6.20 Å². The molecule has 0 spiro atoms. The number of aromatic nitrogens is 1. The number of rotatable bonds is 11. The molecule has 0 radical (unpaired) electrons. The zero-order valence-electron chi connectivity index (χ0n) is 12.1. The van der Waals surface area contributed by atoms with Crippen LogP contribution in [0.1, 0.15) is 18.2 Å². The van der Waals surface area contributed by atoms with E-state index >= 15 is 0 Å². The van der Waals surface area contributed by atoms with Crippen LogP contribution in [0.3, 0.4) is 0 Å². The van der Waals surface area contributed by atoms with Crippen molar-refractivity contribution in [2.75, 3.05) is 52.4 Å². The van der Waals surface area contributed by atoms with Crippen molar-refractivity contribution in [3.63, 3.8) is 0 Å². The van der Waals surface area contributed by atoms with Crippen LogP contribution in [0.5, 0.6) is 0 Å². The molecule has 110 valence electrons. The number of thiazole rings is 1. The first-order valence-electron chi connectivity index (χ1n) is 6.69.